The number of cyclic esters (lactones) is 1. The quantitative estimate of drug-likeness (QED) is 0.878. The standard InChI is InChI=1S/C13H15N3O3S/c1-14-5-9-6-16(13(18)19-9)8-2-3-11-10(4-8)15-12(17)7-20-11/h2-4,9,14H,5-7H2,1H3,(H,15,17). The van der Waals surface area contributed by atoms with Crippen molar-refractivity contribution in [1.82, 2.24) is 5.32 Å². The Labute approximate surface area is 120 Å². The molecule has 1 saturated heterocycles. The summed E-state index contributed by atoms with van der Waals surface area (Å²) in [6, 6.07) is 5.63. The molecule has 106 valence electrons. The van der Waals surface area contributed by atoms with Crippen molar-refractivity contribution in [2.24, 2.45) is 0 Å². The Bertz CT molecular complexity index is 564. The predicted molar refractivity (Wildman–Crippen MR) is 77.3 cm³/mol. The van der Waals surface area contributed by atoms with Crippen molar-refractivity contribution in [3.05, 3.63) is 18.2 Å². The van der Waals surface area contributed by atoms with Crippen molar-refractivity contribution in [3.63, 3.8) is 0 Å². The number of rotatable bonds is 3. The minimum Gasteiger partial charge on any atom is -0.443 e. The molecule has 3 rings (SSSR count). The van der Waals surface area contributed by atoms with Crippen LogP contribution in [0, 0.1) is 0 Å². The van der Waals surface area contributed by atoms with Crippen molar-refractivity contribution in [2.75, 3.05) is 36.1 Å². The lowest BCUT2D eigenvalue weighted by Gasteiger charge is -2.19. The number of carbonyl (C=O) groups is 2. The van der Waals surface area contributed by atoms with E-state index in [4.69, 9.17) is 4.74 Å². The lowest BCUT2D eigenvalue weighted by Crippen LogP contribution is -2.29. The van der Waals surface area contributed by atoms with Crippen molar-refractivity contribution >= 4 is 35.1 Å². The average molecular weight is 293 g/mol. The van der Waals surface area contributed by atoms with E-state index in [9.17, 15) is 9.59 Å². The summed E-state index contributed by atoms with van der Waals surface area (Å²) in [6.45, 7) is 1.14. The second-order valence-electron chi connectivity index (χ2n) is 4.69. The molecule has 0 saturated carbocycles. The summed E-state index contributed by atoms with van der Waals surface area (Å²) in [4.78, 5) is 25.9. The van der Waals surface area contributed by atoms with Gasteiger partial charge in [0.1, 0.15) is 6.10 Å². The zero-order valence-corrected chi connectivity index (χ0v) is 11.8. The molecular weight excluding hydrogens is 278 g/mol. The largest absolute Gasteiger partial charge is 0.443 e. The molecule has 20 heavy (non-hydrogen) atoms. The van der Waals surface area contributed by atoms with Crippen LogP contribution in [0.15, 0.2) is 23.1 Å². The first kappa shape index (κ1) is 13.3. The van der Waals surface area contributed by atoms with Crippen molar-refractivity contribution in [3.8, 4) is 0 Å². The smallest absolute Gasteiger partial charge is 0.414 e. The average Bonchev–Trinajstić information content (AvgIpc) is 2.79. The van der Waals surface area contributed by atoms with Crippen LogP contribution in [0.5, 0.6) is 0 Å². The van der Waals surface area contributed by atoms with E-state index in [1.807, 2.05) is 25.2 Å². The lowest BCUT2D eigenvalue weighted by molar-refractivity contribution is -0.113. The van der Waals surface area contributed by atoms with E-state index < -0.39 is 0 Å². The zero-order chi connectivity index (χ0) is 14.1. The Kier molecular flexibility index (Phi) is 3.54. The van der Waals surface area contributed by atoms with Gasteiger partial charge in [0.15, 0.2) is 0 Å². The van der Waals surface area contributed by atoms with Crippen LogP contribution < -0.4 is 15.5 Å². The molecule has 2 amide bonds. The zero-order valence-electron chi connectivity index (χ0n) is 11.0. The third-order valence-corrected chi connectivity index (χ3v) is 4.29. The van der Waals surface area contributed by atoms with Crippen molar-refractivity contribution < 1.29 is 14.3 Å². The van der Waals surface area contributed by atoms with Gasteiger partial charge in [-0.3, -0.25) is 9.69 Å². The fourth-order valence-electron chi connectivity index (χ4n) is 2.31. The Morgan fingerprint density at radius 3 is 3.15 bits per heavy atom. The number of amides is 2. The first-order valence-electron chi connectivity index (χ1n) is 6.37. The molecule has 0 aliphatic carbocycles. The highest BCUT2D eigenvalue weighted by molar-refractivity contribution is 8.00. The highest BCUT2D eigenvalue weighted by Crippen LogP contribution is 2.35. The maximum atomic E-state index is 11.9. The van der Waals surface area contributed by atoms with Crippen LogP contribution in [0.3, 0.4) is 0 Å². The molecule has 1 atom stereocenters. The van der Waals surface area contributed by atoms with Gasteiger partial charge in [-0.2, -0.15) is 0 Å². The minimum absolute atomic E-state index is 0.0169. The number of benzene rings is 1. The van der Waals surface area contributed by atoms with Gasteiger partial charge in [0.05, 0.1) is 18.0 Å². The van der Waals surface area contributed by atoms with Gasteiger partial charge in [-0.25, -0.2) is 4.79 Å². The number of carbonyl (C=O) groups excluding carboxylic acids is 2. The maximum absolute atomic E-state index is 11.9. The molecule has 2 heterocycles. The Morgan fingerprint density at radius 1 is 1.50 bits per heavy atom. The normalized spacial score (nSPS) is 21.4. The molecule has 0 spiro atoms. The molecule has 0 radical (unpaired) electrons. The lowest BCUT2D eigenvalue weighted by atomic mass is 10.2. The van der Waals surface area contributed by atoms with Crippen LogP contribution in [0.2, 0.25) is 0 Å². The summed E-state index contributed by atoms with van der Waals surface area (Å²) in [5, 5.41) is 5.82. The molecule has 2 aliphatic heterocycles. The van der Waals surface area contributed by atoms with Gasteiger partial charge >= 0.3 is 6.09 Å². The highest BCUT2D eigenvalue weighted by Gasteiger charge is 2.32. The molecule has 1 aromatic rings. The number of fused-ring (bicyclic) bond motifs is 1. The van der Waals surface area contributed by atoms with Crippen LogP contribution in [0.25, 0.3) is 0 Å². The molecule has 0 bridgehead atoms. The van der Waals surface area contributed by atoms with Gasteiger partial charge in [0.25, 0.3) is 0 Å². The summed E-state index contributed by atoms with van der Waals surface area (Å²) in [5.41, 5.74) is 1.50. The fraction of sp³-hybridized carbons (Fsp3) is 0.385. The molecule has 7 heteroatoms. The SMILES string of the molecule is CNCC1CN(c2ccc3c(c2)NC(=O)CS3)C(=O)O1. The second kappa shape index (κ2) is 5.34. The fourth-order valence-corrected chi connectivity index (χ4v) is 3.09. The molecule has 1 aromatic carbocycles. The first-order chi connectivity index (χ1) is 9.67. The summed E-state index contributed by atoms with van der Waals surface area (Å²) in [7, 11) is 1.82. The molecule has 2 N–H and O–H groups in total. The third-order valence-electron chi connectivity index (χ3n) is 3.21. The minimum atomic E-state index is -0.347. The maximum Gasteiger partial charge on any atom is 0.414 e. The highest BCUT2D eigenvalue weighted by atomic mass is 32.2. The van der Waals surface area contributed by atoms with Gasteiger partial charge in [-0.05, 0) is 25.2 Å². The summed E-state index contributed by atoms with van der Waals surface area (Å²) < 4.78 is 5.27. The summed E-state index contributed by atoms with van der Waals surface area (Å²) in [6.07, 6.45) is -0.493. The van der Waals surface area contributed by atoms with Crippen LogP contribution in [-0.2, 0) is 9.53 Å². The Hall–Kier alpha value is -1.73. The van der Waals surface area contributed by atoms with Gasteiger partial charge in [0.2, 0.25) is 5.91 Å². The van der Waals surface area contributed by atoms with Gasteiger partial charge in [-0.15, -0.1) is 11.8 Å². The molecular formula is C13H15N3O3S. The molecule has 2 aliphatic rings. The van der Waals surface area contributed by atoms with Gasteiger partial charge in [-0.1, -0.05) is 0 Å². The number of anilines is 2. The number of likely N-dealkylation sites (N-methyl/N-ethyl adjacent to an activating group) is 1. The van der Waals surface area contributed by atoms with Crippen molar-refractivity contribution in [2.45, 2.75) is 11.0 Å². The Balaban J connectivity index is 1.82. The monoisotopic (exact) mass is 293 g/mol. The van der Waals surface area contributed by atoms with Gasteiger partial charge < -0.3 is 15.4 Å². The predicted octanol–water partition coefficient (Wildman–Crippen LogP) is 1.28. The van der Waals surface area contributed by atoms with Gasteiger partial charge in [0, 0.05) is 17.1 Å². The molecule has 6 nitrogen and oxygen atoms in total. The number of ether oxygens (including phenoxy) is 1. The summed E-state index contributed by atoms with van der Waals surface area (Å²) in [5.74, 6) is 0.416. The number of hydrogen-bond acceptors (Lipinski definition) is 5. The molecule has 1 unspecified atom stereocenters. The summed E-state index contributed by atoms with van der Waals surface area (Å²) >= 11 is 1.50. The van der Waals surface area contributed by atoms with E-state index in [0.717, 1.165) is 16.3 Å². The second-order valence-corrected chi connectivity index (χ2v) is 5.71. The number of nitrogens with one attached hydrogen (secondary N) is 2. The van der Waals surface area contributed by atoms with E-state index in [-0.39, 0.29) is 18.1 Å². The van der Waals surface area contributed by atoms with E-state index in [1.165, 1.54) is 11.8 Å². The first-order valence-corrected chi connectivity index (χ1v) is 7.35. The van der Waals surface area contributed by atoms with E-state index >= 15 is 0 Å². The van der Waals surface area contributed by atoms with E-state index in [1.54, 1.807) is 4.90 Å². The van der Waals surface area contributed by atoms with Crippen LogP contribution >= 0.6 is 11.8 Å². The third kappa shape index (κ3) is 2.46. The van der Waals surface area contributed by atoms with Crippen LogP contribution in [-0.4, -0.2) is 44.0 Å². The molecule has 1 fully saturated rings. The number of hydrogen-bond donors (Lipinski definition) is 2. The molecule has 0 aromatic heterocycles. The Morgan fingerprint density at radius 2 is 2.35 bits per heavy atom. The number of nitrogens with zero attached hydrogens (tertiary/aromatic N) is 1. The van der Waals surface area contributed by atoms with E-state index in [0.29, 0.717) is 18.8 Å². The van der Waals surface area contributed by atoms with Crippen LogP contribution in [0.1, 0.15) is 0 Å². The topological polar surface area (TPSA) is 70.7 Å². The van der Waals surface area contributed by atoms with E-state index in [2.05, 4.69) is 10.6 Å². The van der Waals surface area contributed by atoms with Crippen molar-refractivity contribution in [1.29, 1.82) is 0 Å². The van der Waals surface area contributed by atoms with Crippen LogP contribution in [0.4, 0.5) is 16.2 Å². The number of thioether (sulfide) groups is 1.